The Kier molecular flexibility index (Phi) is 6.46. The van der Waals surface area contributed by atoms with Crippen LogP contribution in [0.15, 0.2) is 34.9 Å². The average Bonchev–Trinajstić information content (AvgIpc) is 3.01. The van der Waals surface area contributed by atoms with Crippen molar-refractivity contribution in [2.45, 2.75) is 20.4 Å². The Morgan fingerprint density at radius 3 is 2.48 bits per heavy atom. The van der Waals surface area contributed by atoms with Gasteiger partial charge in [0.2, 0.25) is 0 Å². The molecule has 0 fully saturated rings. The van der Waals surface area contributed by atoms with Crippen molar-refractivity contribution in [2.75, 3.05) is 13.7 Å². The number of aromatic nitrogens is 1. The zero-order chi connectivity index (χ0) is 18.4. The average molecular weight is 410 g/mol. The number of halogens is 1. The van der Waals surface area contributed by atoms with Gasteiger partial charge in [-0.05, 0) is 54.0 Å². The minimum absolute atomic E-state index is 0.340. The van der Waals surface area contributed by atoms with Crippen LogP contribution in [0.3, 0.4) is 0 Å². The number of aryl methyl sites for hydroxylation is 1. The summed E-state index contributed by atoms with van der Waals surface area (Å²) in [7, 11) is 1.50. The molecule has 0 saturated heterocycles. The van der Waals surface area contributed by atoms with E-state index in [2.05, 4.69) is 26.8 Å². The fourth-order valence-electron chi connectivity index (χ4n) is 2.26. The van der Waals surface area contributed by atoms with E-state index in [0.717, 1.165) is 4.47 Å². The zero-order valence-corrected chi connectivity index (χ0v) is 15.8. The molecule has 2 amide bonds. The normalized spacial score (nSPS) is 10.2. The molecule has 1 heterocycles. The third-order valence-corrected chi connectivity index (χ3v) is 3.89. The van der Waals surface area contributed by atoms with Gasteiger partial charge in [-0.15, -0.1) is 0 Å². The number of ether oxygens (including phenoxy) is 2. The van der Waals surface area contributed by atoms with E-state index in [1.807, 2.05) is 13.8 Å². The van der Waals surface area contributed by atoms with Gasteiger partial charge in [0.1, 0.15) is 5.69 Å². The number of amides is 2. The molecule has 0 aliphatic carbocycles. The molecule has 0 atom stereocenters. The number of benzene rings is 1. The van der Waals surface area contributed by atoms with Crippen molar-refractivity contribution in [1.29, 1.82) is 0 Å². The smallest absolute Gasteiger partial charge is 0.286 e. The van der Waals surface area contributed by atoms with Crippen LogP contribution in [-0.2, 0) is 6.54 Å². The first-order valence-corrected chi connectivity index (χ1v) is 8.56. The summed E-state index contributed by atoms with van der Waals surface area (Å²) in [5.41, 5.74) is 5.59. The molecule has 8 heteroatoms. The highest BCUT2D eigenvalue weighted by molar-refractivity contribution is 9.10. The number of hydrogen-bond acceptors (Lipinski definition) is 4. The molecule has 134 valence electrons. The minimum atomic E-state index is -0.455. The number of carbonyl (C=O) groups excluding carboxylic acids is 2. The molecule has 2 rings (SSSR count). The number of methoxy groups -OCH3 is 1. The molecule has 0 saturated carbocycles. The number of nitrogens with one attached hydrogen (secondary N) is 2. The van der Waals surface area contributed by atoms with Crippen LogP contribution in [0.2, 0.25) is 0 Å². The second-order valence-electron chi connectivity index (χ2n) is 5.04. The van der Waals surface area contributed by atoms with E-state index in [0.29, 0.717) is 35.9 Å². The van der Waals surface area contributed by atoms with E-state index in [-0.39, 0.29) is 0 Å². The van der Waals surface area contributed by atoms with Gasteiger partial charge in [0, 0.05) is 22.8 Å². The quantitative estimate of drug-likeness (QED) is 0.718. The predicted octanol–water partition coefficient (Wildman–Crippen LogP) is 2.75. The number of rotatable bonds is 6. The van der Waals surface area contributed by atoms with E-state index in [1.165, 1.54) is 7.11 Å². The van der Waals surface area contributed by atoms with Crippen molar-refractivity contribution in [3.05, 3.63) is 46.2 Å². The SMILES string of the molecule is CCOc1ccc(C(=O)NNC(=O)c2cc(Br)cn2CC)cc1OC. The van der Waals surface area contributed by atoms with E-state index < -0.39 is 11.8 Å². The summed E-state index contributed by atoms with van der Waals surface area (Å²) in [5.74, 6) is 0.142. The Hall–Kier alpha value is -2.48. The lowest BCUT2D eigenvalue weighted by Gasteiger charge is -2.12. The summed E-state index contributed by atoms with van der Waals surface area (Å²) in [5, 5.41) is 0. The van der Waals surface area contributed by atoms with E-state index >= 15 is 0 Å². The lowest BCUT2D eigenvalue weighted by atomic mass is 10.2. The fraction of sp³-hybridized carbons (Fsp3) is 0.294. The van der Waals surface area contributed by atoms with Gasteiger partial charge in [-0.3, -0.25) is 20.4 Å². The van der Waals surface area contributed by atoms with E-state index in [4.69, 9.17) is 9.47 Å². The molecule has 1 aromatic heterocycles. The Morgan fingerprint density at radius 2 is 1.84 bits per heavy atom. The summed E-state index contributed by atoms with van der Waals surface area (Å²) < 4.78 is 13.2. The Morgan fingerprint density at radius 1 is 1.12 bits per heavy atom. The predicted molar refractivity (Wildman–Crippen MR) is 96.9 cm³/mol. The summed E-state index contributed by atoms with van der Waals surface area (Å²) in [6.07, 6.45) is 1.80. The van der Waals surface area contributed by atoms with Crippen LogP contribution in [0, 0.1) is 0 Å². The van der Waals surface area contributed by atoms with E-state index in [1.54, 1.807) is 35.0 Å². The first-order valence-electron chi connectivity index (χ1n) is 7.77. The van der Waals surface area contributed by atoms with Gasteiger partial charge in [0.15, 0.2) is 11.5 Å². The highest BCUT2D eigenvalue weighted by Gasteiger charge is 2.15. The molecule has 0 bridgehead atoms. The van der Waals surface area contributed by atoms with E-state index in [9.17, 15) is 9.59 Å². The van der Waals surface area contributed by atoms with Crippen molar-refractivity contribution >= 4 is 27.7 Å². The Labute approximate surface area is 154 Å². The monoisotopic (exact) mass is 409 g/mol. The number of hydrogen-bond donors (Lipinski definition) is 2. The Bertz CT molecular complexity index is 773. The molecular formula is C17H20BrN3O4. The molecule has 2 N–H and O–H groups in total. The van der Waals surface area contributed by atoms with Crippen molar-refractivity contribution < 1.29 is 19.1 Å². The highest BCUT2D eigenvalue weighted by atomic mass is 79.9. The highest BCUT2D eigenvalue weighted by Crippen LogP contribution is 2.27. The maximum Gasteiger partial charge on any atom is 0.286 e. The second-order valence-corrected chi connectivity index (χ2v) is 5.95. The maximum absolute atomic E-state index is 12.2. The van der Waals surface area contributed by atoms with Gasteiger partial charge in [-0.25, -0.2) is 0 Å². The lowest BCUT2D eigenvalue weighted by molar-refractivity contribution is 0.0841. The van der Waals surface area contributed by atoms with Crippen LogP contribution >= 0.6 is 15.9 Å². The number of carbonyl (C=O) groups is 2. The summed E-state index contributed by atoms with van der Waals surface area (Å²) in [6.45, 7) is 4.91. The van der Waals surface area contributed by atoms with Crippen LogP contribution in [0.1, 0.15) is 34.7 Å². The molecule has 1 aromatic carbocycles. The van der Waals surface area contributed by atoms with Crippen LogP contribution < -0.4 is 20.3 Å². The molecule has 0 radical (unpaired) electrons. The Balaban J connectivity index is 2.05. The van der Waals surface area contributed by atoms with Gasteiger partial charge < -0.3 is 14.0 Å². The maximum atomic E-state index is 12.2. The van der Waals surface area contributed by atoms with Crippen LogP contribution in [-0.4, -0.2) is 30.1 Å². The summed E-state index contributed by atoms with van der Waals surface area (Å²) >= 11 is 3.33. The number of hydrazine groups is 1. The molecule has 0 unspecified atom stereocenters. The first-order chi connectivity index (χ1) is 12.0. The van der Waals surface area contributed by atoms with Crippen molar-refractivity contribution in [3.8, 4) is 11.5 Å². The molecule has 2 aromatic rings. The second kappa shape index (κ2) is 8.57. The van der Waals surface area contributed by atoms with Gasteiger partial charge in [-0.1, -0.05) is 0 Å². The van der Waals surface area contributed by atoms with Gasteiger partial charge in [0.05, 0.1) is 13.7 Å². The molecule has 0 spiro atoms. The molecule has 0 aliphatic heterocycles. The third kappa shape index (κ3) is 4.54. The molecule has 0 aliphatic rings. The summed E-state index contributed by atoms with van der Waals surface area (Å²) in [6, 6.07) is 6.49. The molecule has 7 nitrogen and oxygen atoms in total. The lowest BCUT2D eigenvalue weighted by Crippen LogP contribution is -2.42. The number of nitrogens with zero attached hydrogens (tertiary/aromatic N) is 1. The van der Waals surface area contributed by atoms with Crippen molar-refractivity contribution in [3.63, 3.8) is 0 Å². The van der Waals surface area contributed by atoms with Gasteiger partial charge in [-0.2, -0.15) is 0 Å². The topological polar surface area (TPSA) is 81.6 Å². The van der Waals surface area contributed by atoms with Crippen LogP contribution in [0.25, 0.3) is 0 Å². The van der Waals surface area contributed by atoms with Crippen molar-refractivity contribution in [2.24, 2.45) is 0 Å². The zero-order valence-electron chi connectivity index (χ0n) is 14.3. The summed E-state index contributed by atoms with van der Waals surface area (Å²) in [4.78, 5) is 24.5. The standard InChI is InChI=1S/C17H20BrN3O4/c1-4-21-10-12(18)9-13(21)17(23)20-19-16(22)11-6-7-14(25-5-2)15(8-11)24-3/h6-10H,4-5H2,1-3H3,(H,19,22)(H,20,23). The van der Waals surface area contributed by atoms with Crippen LogP contribution in [0.4, 0.5) is 0 Å². The van der Waals surface area contributed by atoms with Gasteiger partial charge in [0.25, 0.3) is 11.8 Å². The fourth-order valence-corrected chi connectivity index (χ4v) is 2.72. The molecule has 25 heavy (non-hydrogen) atoms. The largest absolute Gasteiger partial charge is 0.493 e. The van der Waals surface area contributed by atoms with Gasteiger partial charge >= 0.3 is 0 Å². The minimum Gasteiger partial charge on any atom is -0.493 e. The third-order valence-electron chi connectivity index (χ3n) is 3.45. The van der Waals surface area contributed by atoms with Crippen molar-refractivity contribution in [1.82, 2.24) is 15.4 Å². The van der Waals surface area contributed by atoms with Crippen LogP contribution in [0.5, 0.6) is 11.5 Å². The molecular weight excluding hydrogens is 390 g/mol. The first kappa shape index (κ1) is 18.9.